The van der Waals surface area contributed by atoms with Crippen molar-refractivity contribution in [3.05, 3.63) is 12.7 Å². The molecule has 1 N–H and O–H groups in total. The van der Waals surface area contributed by atoms with Crippen molar-refractivity contribution in [3.8, 4) is 0 Å². The number of hydrogen-bond acceptors (Lipinski definition) is 3. The second kappa shape index (κ2) is 8.17. The first-order valence-electron chi connectivity index (χ1n) is 8.12. The molecule has 0 spiro atoms. The van der Waals surface area contributed by atoms with E-state index in [1.165, 1.54) is 25.3 Å². The van der Waals surface area contributed by atoms with Crippen LogP contribution in [0.5, 0.6) is 0 Å². The predicted octanol–water partition coefficient (Wildman–Crippen LogP) is 1.01. The van der Waals surface area contributed by atoms with Crippen LogP contribution in [0.25, 0.3) is 0 Å². The first-order chi connectivity index (χ1) is 10.2. The van der Waals surface area contributed by atoms with Gasteiger partial charge in [-0.1, -0.05) is 25.8 Å². The number of carbonyl (C=O) groups excluding carboxylic acids is 2. The zero-order valence-corrected chi connectivity index (χ0v) is 12.9. The molecular formula is C16H27N3O2. The molecule has 118 valence electrons. The molecule has 2 fully saturated rings. The summed E-state index contributed by atoms with van der Waals surface area (Å²) < 4.78 is 0. The molecule has 21 heavy (non-hydrogen) atoms. The van der Waals surface area contributed by atoms with E-state index in [1.807, 2.05) is 4.90 Å². The highest BCUT2D eigenvalue weighted by Crippen LogP contribution is 2.25. The summed E-state index contributed by atoms with van der Waals surface area (Å²) in [4.78, 5) is 27.8. The van der Waals surface area contributed by atoms with Gasteiger partial charge in [0, 0.05) is 45.2 Å². The largest absolute Gasteiger partial charge is 0.351 e. The van der Waals surface area contributed by atoms with Gasteiger partial charge in [0.2, 0.25) is 11.8 Å². The Balaban J connectivity index is 1.66. The molecule has 0 radical (unpaired) electrons. The lowest BCUT2D eigenvalue weighted by molar-refractivity contribution is -0.138. The summed E-state index contributed by atoms with van der Waals surface area (Å²) in [6.07, 6.45) is 7.15. The van der Waals surface area contributed by atoms with Crippen LogP contribution in [0.2, 0.25) is 0 Å². The van der Waals surface area contributed by atoms with Crippen molar-refractivity contribution < 1.29 is 9.59 Å². The van der Waals surface area contributed by atoms with E-state index in [9.17, 15) is 9.59 Å². The number of nitrogens with one attached hydrogen (secondary N) is 1. The normalized spacial score (nSPS) is 21.0. The predicted molar refractivity (Wildman–Crippen MR) is 82.8 cm³/mol. The first kappa shape index (κ1) is 16.0. The summed E-state index contributed by atoms with van der Waals surface area (Å²) in [5.41, 5.74) is 0. The van der Waals surface area contributed by atoms with E-state index in [-0.39, 0.29) is 11.8 Å². The first-order valence-corrected chi connectivity index (χ1v) is 8.12. The van der Waals surface area contributed by atoms with Crippen molar-refractivity contribution >= 4 is 11.8 Å². The molecular weight excluding hydrogens is 266 g/mol. The lowest BCUT2D eigenvalue weighted by atomic mass is 9.88. The van der Waals surface area contributed by atoms with Gasteiger partial charge in [0.1, 0.15) is 0 Å². The zero-order valence-electron chi connectivity index (χ0n) is 12.9. The average Bonchev–Trinajstić information content (AvgIpc) is 2.55. The summed E-state index contributed by atoms with van der Waals surface area (Å²) in [6, 6.07) is 0. The fourth-order valence-electron chi connectivity index (χ4n) is 3.21. The van der Waals surface area contributed by atoms with E-state index in [0.717, 1.165) is 45.6 Å². The third kappa shape index (κ3) is 4.84. The SMILES string of the molecule is C=CC(=O)NCCN1CCN(C(=O)C2CCCCC2)CC1. The summed E-state index contributed by atoms with van der Waals surface area (Å²) in [6.45, 7) is 8.37. The average molecular weight is 293 g/mol. The molecule has 1 saturated heterocycles. The molecule has 1 aliphatic carbocycles. The van der Waals surface area contributed by atoms with Crippen molar-refractivity contribution in [2.45, 2.75) is 32.1 Å². The van der Waals surface area contributed by atoms with Gasteiger partial charge in [-0.2, -0.15) is 0 Å². The molecule has 0 bridgehead atoms. The Morgan fingerprint density at radius 3 is 2.38 bits per heavy atom. The Kier molecular flexibility index (Phi) is 6.23. The molecule has 0 aromatic rings. The van der Waals surface area contributed by atoms with Crippen LogP contribution in [0.3, 0.4) is 0 Å². The Morgan fingerprint density at radius 1 is 1.10 bits per heavy atom. The minimum absolute atomic E-state index is 0.124. The summed E-state index contributed by atoms with van der Waals surface area (Å²) >= 11 is 0. The molecule has 0 atom stereocenters. The second-order valence-corrected chi connectivity index (χ2v) is 6.00. The third-order valence-corrected chi connectivity index (χ3v) is 4.55. The van der Waals surface area contributed by atoms with Crippen LogP contribution >= 0.6 is 0 Å². The second-order valence-electron chi connectivity index (χ2n) is 6.00. The summed E-state index contributed by atoms with van der Waals surface area (Å²) in [7, 11) is 0. The van der Waals surface area contributed by atoms with Gasteiger partial charge in [-0.05, 0) is 18.9 Å². The zero-order chi connectivity index (χ0) is 15.1. The molecule has 2 rings (SSSR count). The molecule has 0 aromatic heterocycles. The van der Waals surface area contributed by atoms with E-state index in [4.69, 9.17) is 0 Å². The van der Waals surface area contributed by atoms with E-state index >= 15 is 0 Å². The molecule has 1 saturated carbocycles. The number of piperazine rings is 1. The summed E-state index contributed by atoms with van der Waals surface area (Å²) in [5, 5.41) is 2.79. The smallest absolute Gasteiger partial charge is 0.243 e. The maximum atomic E-state index is 12.4. The van der Waals surface area contributed by atoms with Crippen molar-refractivity contribution in [2.75, 3.05) is 39.3 Å². The maximum absolute atomic E-state index is 12.4. The highest BCUT2D eigenvalue weighted by Gasteiger charge is 2.28. The minimum Gasteiger partial charge on any atom is -0.351 e. The van der Waals surface area contributed by atoms with Gasteiger partial charge >= 0.3 is 0 Å². The highest BCUT2D eigenvalue weighted by atomic mass is 16.2. The van der Waals surface area contributed by atoms with Crippen LogP contribution in [0.1, 0.15) is 32.1 Å². The molecule has 0 unspecified atom stereocenters. The monoisotopic (exact) mass is 293 g/mol. The van der Waals surface area contributed by atoms with Crippen LogP contribution in [0.15, 0.2) is 12.7 Å². The number of rotatable bonds is 5. The molecule has 2 aliphatic rings. The standard InChI is InChI=1S/C16H27N3O2/c1-2-15(20)17-8-9-18-10-12-19(13-11-18)16(21)14-6-4-3-5-7-14/h2,14H,1,3-13H2,(H,17,20). The van der Waals surface area contributed by atoms with E-state index < -0.39 is 0 Å². The molecule has 1 aliphatic heterocycles. The molecule has 5 heteroatoms. The van der Waals surface area contributed by atoms with E-state index in [1.54, 1.807) is 0 Å². The minimum atomic E-state index is -0.124. The molecule has 5 nitrogen and oxygen atoms in total. The van der Waals surface area contributed by atoms with Crippen LogP contribution in [-0.2, 0) is 9.59 Å². The van der Waals surface area contributed by atoms with Gasteiger partial charge in [-0.15, -0.1) is 0 Å². The van der Waals surface area contributed by atoms with Gasteiger partial charge < -0.3 is 10.2 Å². The molecule has 1 heterocycles. The Bertz CT molecular complexity index is 370. The van der Waals surface area contributed by atoms with E-state index in [2.05, 4.69) is 16.8 Å². The maximum Gasteiger partial charge on any atom is 0.243 e. The number of amides is 2. The van der Waals surface area contributed by atoms with Crippen LogP contribution < -0.4 is 5.32 Å². The number of nitrogens with zero attached hydrogens (tertiary/aromatic N) is 2. The Morgan fingerprint density at radius 2 is 1.76 bits per heavy atom. The van der Waals surface area contributed by atoms with Gasteiger partial charge in [0.05, 0.1) is 0 Å². The van der Waals surface area contributed by atoms with Gasteiger partial charge in [-0.3, -0.25) is 14.5 Å². The number of carbonyl (C=O) groups is 2. The van der Waals surface area contributed by atoms with Gasteiger partial charge in [0.25, 0.3) is 0 Å². The topological polar surface area (TPSA) is 52.7 Å². The van der Waals surface area contributed by atoms with Crippen molar-refractivity contribution in [3.63, 3.8) is 0 Å². The van der Waals surface area contributed by atoms with E-state index in [0.29, 0.717) is 12.5 Å². The molecule has 0 aromatic carbocycles. The number of hydrogen-bond donors (Lipinski definition) is 1. The lowest BCUT2D eigenvalue weighted by Crippen LogP contribution is -2.51. The Hall–Kier alpha value is -1.36. The van der Waals surface area contributed by atoms with Crippen molar-refractivity contribution in [2.24, 2.45) is 5.92 Å². The van der Waals surface area contributed by atoms with Crippen molar-refractivity contribution in [1.29, 1.82) is 0 Å². The Labute approximate surface area is 127 Å². The quantitative estimate of drug-likeness (QED) is 0.770. The van der Waals surface area contributed by atoms with Crippen molar-refractivity contribution in [1.82, 2.24) is 15.1 Å². The summed E-state index contributed by atoms with van der Waals surface area (Å²) in [5.74, 6) is 0.521. The highest BCUT2D eigenvalue weighted by molar-refractivity contribution is 5.86. The van der Waals surface area contributed by atoms with Gasteiger partial charge in [0.15, 0.2) is 0 Å². The van der Waals surface area contributed by atoms with Crippen LogP contribution in [-0.4, -0.2) is 60.9 Å². The third-order valence-electron chi connectivity index (χ3n) is 4.55. The fraction of sp³-hybridized carbons (Fsp3) is 0.750. The fourth-order valence-corrected chi connectivity index (χ4v) is 3.21. The van der Waals surface area contributed by atoms with Crippen LogP contribution in [0.4, 0.5) is 0 Å². The van der Waals surface area contributed by atoms with Gasteiger partial charge in [-0.25, -0.2) is 0 Å². The van der Waals surface area contributed by atoms with Crippen LogP contribution in [0, 0.1) is 5.92 Å². The lowest BCUT2D eigenvalue weighted by Gasteiger charge is -2.37. The molecule has 2 amide bonds.